The van der Waals surface area contributed by atoms with Crippen molar-refractivity contribution in [3.05, 3.63) is 63.5 Å². The number of nitrogens with zero attached hydrogens (tertiary/aromatic N) is 2. The molecule has 1 N–H and O–H groups in total. The molecule has 9 heteroatoms. The zero-order valence-corrected chi connectivity index (χ0v) is 17.4. The van der Waals surface area contributed by atoms with Gasteiger partial charge in [0.1, 0.15) is 0 Å². The van der Waals surface area contributed by atoms with Gasteiger partial charge in [0.15, 0.2) is 16.6 Å². The molecule has 0 bridgehead atoms. The van der Waals surface area contributed by atoms with Crippen LogP contribution >= 0.6 is 11.3 Å². The van der Waals surface area contributed by atoms with Crippen LogP contribution < -0.4 is 14.8 Å². The molecule has 0 atom stereocenters. The van der Waals surface area contributed by atoms with Gasteiger partial charge in [-0.1, -0.05) is 18.2 Å². The van der Waals surface area contributed by atoms with Crippen molar-refractivity contribution < 1.29 is 19.2 Å². The van der Waals surface area contributed by atoms with Crippen molar-refractivity contribution in [3.8, 4) is 22.8 Å². The summed E-state index contributed by atoms with van der Waals surface area (Å²) in [4.78, 5) is 27.2. The maximum atomic E-state index is 12.3. The average molecular weight is 427 g/mol. The Morgan fingerprint density at radius 1 is 1.23 bits per heavy atom. The second-order valence-electron chi connectivity index (χ2n) is 6.31. The molecule has 1 heterocycles. The summed E-state index contributed by atoms with van der Waals surface area (Å²) in [5, 5.41) is 15.9. The first-order chi connectivity index (χ1) is 14.5. The lowest BCUT2D eigenvalue weighted by Gasteiger charge is -2.10. The van der Waals surface area contributed by atoms with Crippen molar-refractivity contribution in [2.75, 3.05) is 19.0 Å². The first kappa shape index (κ1) is 21.3. The summed E-state index contributed by atoms with van der Waals surface area (Å²) in [7, 11) is 1.58. The fourth-order valence-electron chi connectivity index (χ4n) is 2.82. The van der Waals surface area contributed by atoms with E-state index in [0.717, 1.165) is 5.56 Å². The number of thiazole rings is 1. The number of aryl methyl sites for hydroxylation is 1. The first-order valence-corrected chi connectivity index (χ1v) is 10.2. The van der Waals surface area contributed by atoms with Gasteiger partial charge >= 0.3 is 0 Å². The third kappa shape index (κ3) is 5.32. The number of methoxy groups -OCH3 is 1. The van der Waals surface area contributed by atoms with E-state index in [2.05, 4.69) is 10.3 Å². The molecule has 0 aliphatic carbocycles. The average Bonchev–Trinajstić information content (AvgIpc) is 3.21. The fraction of sp³-hybridized carbons (Fsp3) is 0.238. The number of carbonyl (C=O) groups excluding carboxylic acids is 1. The Labute approximate surface area is 177 Å². The minimum Gasteiger partial charge on any atom is -0.493 e. The van der Waals surface area contributed by atoms with Crippen LogP contribution in [0.1, 0.15) is 18.9 Å². The Morgan fingerprint density at radius 2 is 2.07 bits per heavy atom. The highest BCUT2D eigenvalue weighted by molar-refractivity contribution is 7.14. The number of aromatic nitrogens is 1. The highest BCUT2D eigenvalue weighted by Gasteiger charge is 2.12. The number of carbonyl (C=O) groups is 1. The molecule has 0 aliphatic heterocycles. The zero-order chi connectivity index (χ0) is 21.5. The number of non-ortho nitro benzene ring substituents is 1. The van der Waals surface area contributed by atoms with Gasteiger partial charge in [-0.2, -0.15) is 0 Å². The normalized spacial score (nSPS) is 10.5. The van der Waals surface area contributed by atoms with Gasteiger partial charge in [0.25, 0.3) is 5.69 Å². The second-order valence-corrected chi connectivity index (χ2v) is 7.17. The molecule has 1 aromatic heterocycles. The quantitative estimate of drug-likeness (QED) is 0.392. The van der Waals surface area contributed by atoms with Gasteiger partial charge in [0, 0.05) is 29.5 Å². The standard InChI is InChI=1S/C21H21N3O5S/c1-3-29-18-9-7-14(11-19(18)28-2)8-10-20(25)23-21-22-17(13-30-21)15-5-4-6-16(12-15)24(26)27/h4-7,9,11-13H,3,8,10H2,1-2H3,(H,22,23,25). The van der Waals surface area contributed by atoms with Gasteiger partial charge in [-0.3, -0.25) is 14.9 Å². The van der Waals surface area contributed by atoms with Crippen molar-refractivity contribution in [2.24, 2.45) is 0 Å². The van der Waals surface area contributed by atoms with E-state index in [9.17, 15) is 14.9 Å². The van der Waals surface area contributed by atoms with Gasteiger partial charge in [-0.05, 0) is 31.0 Å². The number of nitro groups is 1. The monoisotopic (exact) mass is 427 g/mol. The van der Waals surface area contributed by atoms with E-state index in [4.69, 9.17) is 9.47 Å². The maximum Gasteiger partial charge on any atom is 0.270 e. The number of benzene rings is 2. The molecule has 30 heavy (non-hydrogen) atoms. The summed E-state index contributed by atoms with van der Waals surface area (Å²) in [5.41, 5.74) is 2.16. The van der Waals surface area contributed by atoms with Crippen LogP contribution in [-0.2, 0) is 11.2 Å². The summed E-state index contributed by atoms with van der Waals surface area (Å²) in [6, 6.07) is 11.8. The third-order valence-electron chi connectivity index (χ3n) is 4.27. The number of ether oxygens (including phenoxy) is 2. The molecule has 3 rings (SSSR count). The molecule has 8 nitrogen and oxygen atoms in total. The minimum absolute atomic E-state index is 0.00290. The lowest BCUT2D eigenvalue weighted by molar-refractivity contribution is -0.384. The topological polar surface area (TPSA) is 104 Å². The van der Waals surface area contributed by atoms with Crippen LogP contribution in [0.3, 0.4) is 0 Å². The van der Waals surface area contributed by atoms with Gasteiger partial charge in [-0.15, -0.1) is 11.3 Å². The molecule has 0 spiro atoms. The van der Waals surface area contributed by atoms with Crippen molar-refractivity contribution in [1.82, 2.24) is 4.98 Å². The highest BCUT2D eigenvalue weighted by Crippen LogP contribution is 2.29. The van der Waals surface area contributed by atoms with Gasteiger partial charge in [0.05, 0.1) is 24.3 Å². The van der Waals surface area contributed by atoms with Gasteiger partial charge in [-0.25, -0.2) is 4.98 Å². The maximum absolute atomic E-state index is 12.3. The highest BCUT2D eigenvalue weighted by atomic mass is 32.1. The number of nitrogens with one attached hydrogen (secondary N) is 1. The van der Waals surface area contributed by atoms with Crippen LogP contribution in [0.2, 0.25) is 0 Å². The number of amides is 1. The lowest BCUT2D eigenvalue weighted by atomic mass is 10.1. The molecule has 0 radical (unpaired) electrons. The molecule has 1 amide bonds. The van der Waals surface area contributed by atoms with E-state index in [-0.39, 0.29) is 18.0 Å². The van der Waals surface area contributed by atoms with E-state index in [1.807, 2.05) is 25.1 Å². The fourth-order valence-corrected chi connectivity index (χ4v) is 3.56. The predicted molar refractivity (Wildman–Crippen MR) is 115 cm³/mol. The Morgan fingerprint density at radius 3 is 2.80 bits per heavy atom. The van der Waals surface area contributed by atoms with Crippen LogP contribution in [0.15, 0.2) is 47.8 Å². The van der Waals surface area contributed by atoms with E-state index in [0.29, 0.717) is 40.9 Å². The Kier molecular flexibility index (Phi) is 6.97. The molecule has 0 saturated carbocycles. The summed E-state index contributed by atoms with van der Waals surface area (Å²) < 4.78 is 10.8. The molecular weight excluding hydrogens is 406 g/mol. The number of hydrogen-bond donors (Lipinski definition) is 1. The SMILES string of the molecule is CCOc1ccc(CCC(=O)Nc2nc(-c3cccc([N+](=O)[O-])c3)cs2)cc1OC. The third-order valence-corrected chi connectivity index (χ3v) is 5.03. The van der Waals surface area contributed by atoms with Crippen LogP contribution in [0.4, 0.5) is 10.8 Å². The van der Waals surface area contributed by atoms with Crippen molar-refractivity contribution in [1.29, 1.82) is 0 Å². The first-order valence-electron chi connectivity index (χ1n) is 9.30. The molecular formula is C21H21N3O5S. The molecule has 0 fully saturated rings. The Bertz CT molecular complexity index is 1050. The Balaban J connectivity index is 1.60. The van der Waals surface area contributed by atoms with Gasteiger partial charge in [0.2, 0.25) is 5.91 Å². The van der Waals surface area contributed by atoms with E-state index in [1.165, 1.54) is 23.5 Å². The largest absolute Gasteiger partial charge is 0.493 e. The molecule has 0 saturated heterocycles. The number of rotatable bonds is 9. The molecule has 0 aliphatic rings. The van der Waals surface area contributed by atoms with Crippen molar-refractivity contribution in [2.45, 2.75) is 19.8 Å². The van der Waals surface area contributed by atoms with Crippen LogP contribution in [-0.4, -0.2) is 29.5 Å². The zero-order valence-electron chi connectivity index (χ0n) is 16.6. The van der Waals surface area contributed by atoms with Crippen molar-refractivity contribution >= 4 is 28.1 Å². The van der Waals surface area contributed by atoms with E-state index >= 15 is 0 Å². The van der Waals surface area contributed by atoms with Gasteiger partial charge < -0.3 is 14.8 Å². The minimum atomic E-state index is -0.450. The number of nitro benzene ring substituents is 1. The predicted octanol–water partition coefficient (Wildman–Crippen LogP) is 4.70. The summed E-state index contributed by atoms with van der Waals surface area (Å²) >= 11 is 1.27. The lowest BCUT2D eigenvalue weighted by Crippen LogP contribution is -2.12. The van der Waals surface area contributed by atoms with Crippen LogP contribution in [0, 0.1) is 10.1 Å². The summed E-state index contributed by atoms with van der Waals surface area (Å²) in [6.45, 7) is 2.45. The number of hydrogen-bond acceptors (Lipinski definition) is 7. The molecule has 0 unspecified atom stereocenters. The number of anilines is 1. The van der Waals surface area contributed by atoms with Crippen molar-refractivity contribution in [3.63, 3.8) is 0 Å². The van der Waals surface area contributed by atoms with E-state index < -0.39 is 4.92 Å². The Hall–Kier alpha value is -3.46. The molecule has 3 aromatic rings. The van der Waals surface area contributed by atoms with Crippen LogP contribution in [0.25, 0.3) is 11.3 Å². The second kappa shape index (κ2) is 9.84. The smallest absolute Gasteiger partial charge is 0.270 e. The molecule has 2 aromatic carbocycles. The summed E-state index contributed by atoms with van der Waals surface area (Å²) in [5.74, 6) is 1.14. The molecule has 156 valence electrons. The van der Waals surface area contributed by atoms with Crippen LogP contribution in [0.5, 0.6) is 11.5 Å². The summed E-state index contributed by atoms with van der Waals surface area (Å²) in [6.07, 6.45) is 0.820. The van der Waals surface area contributed by atoms with E-state index in [1.54, 1.807) is 24.6 Å².